The Kier molecular flexibility index (Phi) is 2.77. The number of ether oxygens (including phenoxy) is 1. The number of pyridine rings is 1. The quantitative estimate of drug-likeness (QED) is 0.771. The van der Waals surface area contributed by atoms with Gasteiger partial charge in [-0.05, 0) is 32.9 Å². The van der Waals surface area contributed by atoms with Crippen molar-refractivity contribution in [1.29, 1.82) is 0 Å². The Bertz CT molecular complexity index is 523. The highest BCUT2D eigenvalue weighted by Gasteiger charge is 2.08. The van der Waals surface area contributed by atoms with Crippen molar-refractivity contribution in [2.75, 3.05) is 0 Å². The predicted molar refractivity (Wildman–Crippen MR) is 62.2 cm³/mol. The zero-order valence-corrected chi connectivity index (χ0v) is 9.62. The molecule has 0 N–H and O–H groups in total. The molecule has 1 aromatic heterocycles. The number of fused-ring (bicyclic) bond motifs is 1. The molecular formula is C13H14FNO. The molecule has 3 heteroatoms. The van der Waals surface area contributed by atoms with Gasteiger partial charge in [0.15, 0.2) is 11.6 Å². The zero-order valence-electron chi connectivity index (χ0n) is 9.62. The molecule has 2 rings (SSSR count). The van der Waals surface area contributed by atoms with Gasteiger partial charge in [-0.2, -0.15) is 0 Å². The maximum absolute atomic E-state index is 13.6. The summed E-state index contributed by atoms with van der Waals surface area (Å²) in [5.74, 6) is -0.0764. The summed E-state index contributed by atoms with van der Waals surface area (Å²) in [6.07, 6.45) is -0.0447. The highest BCUT2D eigenvalue weighted by molar-refractivity contribution is 5.80. The summed E-state index contributed by atoms with van der Waals surface area (Å²) >= 11 is 0. The van der Waals surface area contributed by atoms with Crippen LogP contribution in [0, 0.1) is 12.7 Å². The number of benzene rings is 1. The third kappa shape index (κ3) is 2.13. The van der Waals surface area contributed by atoms with Gasteiger partial charge >= 0.3 is 0 Å². The molecule has 0 atom stereocenters. The fourth-order valence-corrected chi connectivity index (χ4v) is 1.57. The van der Waals surface area contributed by atoms with Crippen LogP contribution in [0.15, 0.2) is 24.3 Å². The van der Waals surface area contributed by atoms with E-state index in [2.05, 4.69) is 4.98 Å². The van der Waals surface area contributed by atoms with E-state index in [1.807, 2.05) is 32.9 Å². The van der Waals surface area contributed by atoms with E-state index in [1.54, 1.807) is 6.07 Å². The molecule has 84 valence electrons. The summed E-state index contributed by atoms with van der Waals surface area (Å²) in [5, 5.41) is 0.791. The third-order valence-electron chi connectivity index (χ3n) is 2.24. The van der Waals surface area contributed by atoms with Crippen molar-refractivity contribution in [2.24, 2.45) is 0 Å². The van der Waals surface area contributed by atoms with Crippen LogP contribution in [0.3, 0.4) is 0 Å². The molecule has 2 aromatic rings. The molecule has 0 fully saturated rings. The smallest absolute Gasteiger partial charge is 0.165 e. The van der Waals surface area contributed by atoms with Crippen LogP contribution in [0.2, 0.25) is 0 Å². The fraction of sp³-hybridized carbons (Fsp3) is 0.308. The first-order valence-corrected chi connectivity index (χ1v) is 5.30. The number of hydrogen-bond donors (Lipinski definition) is 0. The van der Waals surface area contributed by atoms with Crippen LogP contribution in [0.5, 0.6) is 5.75 Å². The van der Waals surface area contributed by atoms with Gasteiger partial charge in [-0.15, -0.1) is 0 Å². The molecule has 0 saturated carbocycles. The van der Waals surface area contributed by atoms with Crippen LogP contribution >= 0.6 is 0 Å². The minimum Gasteiger partial charge on any atom is -0.488 e. The molecule has 1 heterocycles. The molecule has 0 radical (unpaired) electrons. The van der Waals surface area contributed by atoms with E-state index in [4.69, 9.17) is 4.74 Å². The second kappa shape index (κ2) is 4.08. The monoisotopic (exact) mass is 219 g/mol. The number of nitrogens with zero attached hydrogens (tertiary/aromatic N) is 1. The summed E-state index contributed by atoms with van der Waals surface area (Å²) in [4.78, 5) is 4.34. The average Bonchev–Trinajstić information content (AvgIpc) is 2.19. The molecule has 0 amide bonds. The lowest BCUT2D eigenvalue weighted by Gasteiger charge is -2.11. The molecule has 16 heavy (non-hydrogen) atoms. The van der Waals surface area contributed by atoms with Crippen LogP contribution in [-0.4, -0.2) is 11.1 Å². The summed E-state index contributed by atoms with van der Waals surface area (Å²) in [6, 6.07) is 6.84. The first-order chi connectivity index (χ1) is 7.56. The molecule has 0 aliphatic carbocycles. The average molecular weight is 219 g/mol. The second-order valence-electron chi connectivity index (χ2n) is 4.09. The molecule has 0 unspecified atom stereocenters. The summed E-state index contributed by atoms with van der Waals surface area (Å²) < 4.78 is 19.0. The van der Waals surface area contributed by atoms with E-state index in [9.17, 15) is 4.39 Å². The topological polar surface area (TPSA) is 22.1 Å². The highest BCUT2D eigenvalue weighted by Crippen LogP contribution is 2.24. The van der Waals surface area contributed by atoms with Gasteiger partial charge in [-0.1, -0.05) is 6.07 Å². The molecular weight excluding hydrogens is 205 g/mol. The zero-order chi connectivity index (χ0) is 11.7. The number of aryl methyl sites for hydroxylation is 1. The van der Waals surface area contributed by atoms with Crippen molar-refractivity contribution in [3.8, 4) is 5.75 Å². The summed E-state index contributed by atoms with van der Waals surface area (Å²) in [7, 11) is 0. The van der Waals surface area contributed by atoms with E-state index in [0.29, 0.717) is 0 Å². The number of hydrogen-bond acceptors (Lipinski definition) is 2. The van der Waals surface area contributed by atoms with E-state index >= 15 is 0 Å². The first kappa shape index (κ1) is 10.9. The van der Waals surface area contributed by atoms with Gasteiger partial charge in [0.25, 0.3) is 0 Å². The van der Waals surface area contributed by atoms with Crippen molar-refractivity contribution in [2.45, 2.75) is 26.9 Å². The van der Waals surface area contributed by atoms with Crippen molar-refractivity contribution < 1.29 is 9.13 Å². The van der Waals surface area contributed by atoms with Gasteiger partial charge in [0.1, 0.15) is 0 Å². The minimum absolute atomic E-state index is 0.0447. The predicted octanol–water partition coefficient (Wildman–Crippen LogP) is 3.47. The molecule has 0 saturated heterocycles. The lowest BCUT2D eigenvalue weighted by Crippen LogP contribution is -2.07. The minimum atomic E-state index is -0.341. The molecule has 0 aliphatic heterocycles. The Hall–Kier alpha value is -1.64. The van der Waals surface area contributed by atoms with Crippen LogP contribution in [-0.2, 0) is 0 Å². The Morgan fingerprint density at radius 1 is 1.25 bits per heavy atom. The van der Waals surface area contributed by atoms with Gasteiger partial charge < -0.3 is 4.74 Å². The fourth-order valence-electron chi connectivity index (χ4n) is 1.57. The Morgan fingerprint density at radius 2 is 2.00 bits per heavy atom. The van der Waals surface area contributed by atoms with Gasteiger partial charge in [0, 0.05) is 17.1 Å². The maximum atomic E-state index is 13.6. The van der Waals surface area contributed by atoms with Crippen LogP contribution in [0.25, 0.3) is 10.9 Å². The van der Waals surface area contributed by atoms with Gasteiger partial charge in [-0.25, -0.2) is 4.39 Å². The van der Waals surface area contributed by atoms with E-state index in [-0.39, 0.29) is 17.7 Å². The van der Waals surface area contributed by atoms with Gasteiger partial charge in [-0.3, -0.25) is 4.98 Å². The standard InChI is InChI=1S/C13H14FNO/c1-8(2)16-13-7-12-10(6-11(13)14)5-4-9(3)15-12/h4-8H,1-3H3. The highest BCUT2D eigenvalue weighted by atomic mass is 19.1. The van der Waals surface area contributed by atoms with Crippen molar-refractivity contribution in [3.05, 3.63) is 35.8 Å². The molecule has 1 aromatic carbocycles. The maximum Gasteiger partial charge on any atom is 0.165 e. The number of aromatic nitrogens is 1. The summed E-state index contributed by atoms with van der Waals surface area (Å²) in [5.41, 5.74) is 1.67. The van der Waals surface area contributed by atoms with Crippen molar-refractivity contribution in [3.63, 3.8) is 0 Å². The lowest BCUT2D eigenvalue weighted by molar-refractivity contribution is 0.231. The summed E-state index contributed by atoms with van der Waals surface area (Å²) in [6.45, 7) is 5.65. The van der Waals surface area contributed by atoms with Crippen LogP contribution in [0.1, 0.15) is 19.5 Å². The van der Waals surface area contributed by atoms with Crippen LogP contribution in [0.4, 0.5) is 4.39 Å². The van der Waals surface area contributed by atoms with E-state index in [1.165, 1.54) is 6.07 Å². The normalized spacial score (nSPS) is 11.1. The van der Waals surface area contributed by atoms with Gasteiger partial charge in [0.2, 0.25) is 0 Å². The molecule has 0 aliphatic rings. The van der Waals surface area contributed by atoms with Gasteiger partial charge in [0.05, 0.1) is 11.6 Å². The Morgan fingerprint density at radius 3 is 2.69 bits per heavy atom. The lowest BCUT2D eigenvalue weighted by atomic mass is 10.2. The molecule has 0 spiro atoms. The SMILES string of the molecule is Cc1ccc2cc(F)c(OC(C)C)cc2n1. The first-order valence-electron chi connectivity index (χ1n) is 5.30. The second-order valence-corrected chi connectivity index (χ2v) is 4.09. The van der Waals surface area contributed by atoms with Crippen molar-refractivity contribution >= 4 is 10.9 Å². The van der Waals surface area contributed by atoms with Crippen molar-refractivity contribution in [1.82, 2.24) is 4.98 Å². The third-order valence-corrected chi connectivity index (χ3v) is 2.24. The van der Waals surface area contributed by atoms with E-state index < -0.39 is 0 Å². The van der Waals surface area contributed by atoms with E-state index in [0.717, 1.165) is 16.6 Å². The number of halogens is 1. The molecule has 2 nitrogen and oxygen atoms in total. The number of rotatable bonds is 2. The Labute approximate surface area is 94.1 Å². The Balaban J connectivity index is 2.55. The van der Waals surface area contributed by atoms with Crippen LogP contribution < -0.4 is 4.74 Å². The molecule has 0 bridgehead atoms. The largest absolute Gasteiger partial charge is 0.488 e.